The van der Waals surface area contributed by atoms with Crippen molar-refractivity contribution in [1.29, 1.82) is 0 Å². The summed E-state index contributed by atoms with van der Waals surface area (Å²) in [6.07, 6.45) is 6.43. The third kappa shape index (κ3) is 4.18. The lowest BCUT2D eigenvalue weighted by atomic mass is 9.94. The molecular formula is C18H27N3. The number of aryl methyl sites for hydroxylation is 1. The molecule has 1 aromatic carbocycles. The summed E-state index contributed by atoms with van der Waals surface area (Å²) >= 11 is 0. The van der Waals surface area contributed by atoms with Crippen molar-refractivity contribution in [3.05, 3.63) is 53.9 Å². The topological polar surface area (TPSA) is 43.8 Å². The number of rotatable bonds is 8. The minimum absolute atomic E-state index is 0.421. The van der Waals surface area contributed by atoms with Gasteiger partial charge in [-0.25, -0.2) is 0 Å². The average molecular weight is 285 g/mol. The van der Waals surface area contributed by atoms with Crippen molar-refractivity contribution in [3.8, 4) is 0 Å². The minimum Gasteiger partial charge on any atom is -0.330 e. The molecule has 3 nitrogen and oxygen atoms in total. The summed E-state index contributed by atoms with van der Waals surface area (Å²) in [6.45, 7) is 5.13. The van der Waals surface area contributed by atoms with Crippen LogP contribution in [0.5, 0.6) is 0 Å². The Morgan fingerprint density at radius 1 is 1.10 bits per heavy atom. The molecule has 1 heterocycles. The maximum Gasteiger partial charge on any atom is 0.0624 e. The number of aromatic nitrogens is 2. The smallest absolute Gasteiger partial charge is 0.0624 e. The highest BCUT2D eigenvalue weighted by Crippen LogP contribution is 2.21. The van der Waals surface area contributed by atoms with E-state index in [1.807, 2.05) is 6.07 Å². The van der Waals surface area contributed by atoms with Gasteiger partial charge in [-0.3, -0.25) is 4.68 Å². The van der Waals surface area contributed by atoms with Crippen molar-refractivity contribution in [3.63, 3.8) is 0 Å². The van der Waals surface area contributed by atoms with Gasteiger partial charge >= 0.3 is 0 Å². The fourth-order valence-corrected chi connectivity index (χ4v) is 2.84. The third-order valence-electron chi connectivity index (χ3n) is 4.28. The molecule has 0 bridgehead atoms. The van der Waals surface area contributed by atoms with Crippen LogP contribution in [0.25, 0.3) is 0 Å². The Morgan fingerprint density at radius 2 is 1.81 bits per heavy atom. The molecule has 1 aromatic heterocycles. The lowest BCUT2D eigenvalue weighted by Crippen LogP contribution is -2.13. The van der Waals surface area contributed by atoms with E-state index in [2.05, 4.69) is 55.1 Å². The summed E-state index contributed by atoms with van der Waals surface area (Å²) in [4.78, 5) is 0. The van der Waals surface area contributed by atoms with Gasteiger partial charge in [-0.2, -0.15) is 5.10 Å². The van der Waals surface area contributed by atoms with Gasteiger partial charge in [0.25, 0.3) is 0 Å². The molecular weight excluding hydrogens is 258 g/mol. The van der Waals surface area contributed by atoms with E-state index < -0.39 is 0 Å². The normalized spacial score (nSPS) is 12.8. The first-order valence-corrected chi connectivity index (χ1v) is 8.07. The van der Waals surface area contributed by atoms with Gasteiger partial charge in [0.1, 0.15) is 0 Å². The molecule has 2 N–H and O–H groups in total. The maximum absolute atomic E-state index is 5.94. The molecule has 0 aliphatic heterocycles. The van der Waals surface area contributed by atoms with E-state index in [0.717, 1.165) is 25.7 Å². The molecule has 0 saturated heterocycles. The predicted molar refractivity (Wildman–Crippen MR) is 88.4 cm³/mol. The monoisotopic (exact) mass is 285 g/mol. The number of benzene rings is 1. The molecule has 0 radical (unpaired) electrons. The third-order valence-corrected chi connectivity index (χ3v) is 4.28. The van der Waals surface area contributed by atoms with Crippen LogP contribution in [0, 0.1) is 0 Å². The van der Waals surface area contributed by atoms with Crippen LogP contribution in [0.2, 0.25) is 0 Å². The van der Waals surface area contributed by atoms with Gasteiger partial charge in [0, 0.05) is 6.20 Å². The van der Waals surface area contributed by atoms with Crippen LogP contribution in [0.15, 0.2) is 42.6 Å². The largest absolute Gasteiger partial charge is 0.330 e. The molecule has 0 fully saturated rings. The maximum atomic E-state index is 5.94. The van der Waals surface area contributed by atoms with Crippen LogP contribution in [-0.2, 0) is 6.42 Å². The molecule has 0 amide bonds. The Labute approximate surface area is 128 Å². The zero-order valence-corrected chi connectivity index (χ0v) is 13.2. The van der Waals surface area contributed by atoms with Gasteiger partial charge in [-0.15, -0.1) is 0 Å². The van der Waals surface area contributed by atoms with Gasteiger partial charge in [0.15, 0.2) is 0 Å². The Kier molecular flexibility index (Phi) is 6.00. The second kappa shape index (κ2) is 7.99. The number of hydrogen-bond acceptors (Lipinski definition) is 2. The highest BCUT2D eigenvalue weighted by atomic mass is 15.3. The van der Waals surface area contributed by atoms with E-state index in [1.165, 1.54) is 11.3 Å². The second-order valence-corrected chi connectivity index (χ2v) is 5.64. The Hall–Kier alpha value is -1.61. The fraction of sp³-hybridized carbons (Fsp3) is 0.500. The Balaban J connectivity index is 1.96. The summed E-state index contributed by atoms with van der Waals surface area (Å²) in [5.41, 5.74) is 8.45. The molecule has 21 heavy (non-hydrogen) atoms. The Bertz CT molecular complexity index is 514. The fourth-order valence-electron chi connectivity index (χ4n) is 2.84. The van der Waals surface area contributed by atoms with Crippen molar-refractivity contribution in [2.75, 3.05) is 6.54 Å². The second-order valence-electron chi connectivity index (χ2n) is 5.64. The number of hydrogen-bond donors (Lipinski definition) is 1. The van der Waals surface area contributed by atoms with Gasteiger partial charge in [0.05, 0.1) is 11.7 Å². The molecule has 3 heteroatoms. The van der Waals surface area contributed by atoms with Gasteiger partial charge in [-0.1, -0.05) is 44.2 Å². The first-order chi connectivity index (χ1) is 10.3. The van der Waals surface area contributed by atoms with Crippen molar-refractivity contribution in [2.24, 2.45) is 5.73 Å². The molecule has 2 aromatic rings. The van der Waals surface area contributed by atoms with E-state index >= 15 is 0 Å². The zero-order chi connectivity index (χ0) is 15.1. The SMILES string of the molecule is CCC(CC)n1ccc(CCC(CN)c2ccccc2)n1. The first-order valence-electron chi connectivity index (χ1n) is 8.07. The summed E-state index contributed by atoms with van der Waals surface area (Å²) < 4.78 is 2.12. The Morgan fingerprint density at radius 3 is 2.43 bits per heavy atom. The molecule has 0 aliphatic carbocycles. The van der Waals surface area contributed by atoms with Crippen LogP contribution >= 0.6 is 0 Å². The van der Waals surface area contributed by atoms with Gasteiger partial charge in [-0.05, 0) is 49.8 Å². The molecule has 1 unspecified atom stereocenters. The quantitative estimate of drug-likeness (QED) is 0.799. The van der Waals surface area contributed by atoms with Crippen LogP contribution in [0.1, 0.15) is 56.3 Å². The summed E-state index contributed by atoms with van der Waals surface area (Å²) in [5.74, 6) is 0.421. The van der Waals surface area contributed by atoms with Crippen LogP contribution < -0.4 is 5.73 Å². The van der Waals surface area contributed by atoms with Gasteiger partial charge in [0.2, 0.25) is 0 Å². The zero-order valence-electron chi connectivity index (χ0n) is 13.2. The standard InChI is InChI=1S/C18H27N3/c1-3-18(4-2)21-13-12-17(20-21)11-10-16(14-19)15-8-6-5-7-9-15/h5-9,12-13,16,18H,3-4,10-11,14,19H2,1-2H3. The summed E-state index contributed by atoms with van der Waals surface area (Å²) in [7, 11) is 0. The van der Waals surface area contributed by atoms with Crippen molar-refractivity contribution in [2.45, 2.75) is 51.5 Å². The van der Waals surface area contributed by atoms with E-state index in [0.29, 0.717) is 18.5 Å². The number of nitrogens with two attached hydrogens (primary N) is 1. The van der Waals surface area contributed by atoms with Crippen LogP contribution in [0.3, 0.4) is 0 Å². The van der Waals surface area contributed by atoms with E-state index in [4.69, 9.17) is 10.8 Å². The lowest BCUT2D eigenvalue weighted by molar-refractivity contribution is 0.424. The first kappa shape index (κ1) is 15.8. The van der Waals surface area contributed by atoms with Gasteiger partial charge < -0.3 is 5.73 Å². The van der Waals surface area contributed by atoms with Crippen molar-refractivity contribution in [1.82, 2.24) is 9.78 Å². The lowest BCUT2D eigenvalue weighted by Gasteiger charge is -2.15. The molecule has 0 aliphatic rings. The average Bonchev–Trinajstić information content (AvgIpc) is 2.99. The molecule has 2 rings (SSSR count). The van der Waals surface area contributed by atoms with Crippen LogP contribution in [0.4, 0.5) is 0 Å². The van der Waals surface area contributed by atoms with Crippen molar-refractivity contribution >= 4 is 0 Å². The number of nitrogens with zero attached hydrogens (tertiary/aromatic N) is 2. The highest BCUT2D eigenvalue weighted by Gasteiger charge is 2.12. The van der Waals surface area contributed by atoms with Crippen LogP contribution in [-0.4, -0.2) is 16.3 Å². The molecule has 0 saturated carbocycles. The highest BCUT2D eigenvalue weighted by molar-refractivity contribution is 5.20. The summed E-state index contributed by atoms with van der Waals surface area (Å²) in [6, 6.07) is 13.2. The molecule has 0 spiro atoms. The predicted octanol–water partition coefficient (Wildman–Crippen LogP) is 3.92. The van der Waals surface area contributed by atoms with E-state index in [-0.39, 0.29) is 0 Å². The molecule has 1 atom stereocenters. The minimum atomic E-state index is 0.421. The van der Waals surface area contributed by atoms with Crippen molar-refractivity contribution < 1.29 is 0 Å². The van der Waals surface area contributed by atoms with E-state index in [9.17, 15) is 0 Å². The summed E-state index contributed by atoms with van der Waals surface area (Å²) in [5, 5.41) is 4.73. The van der Waals surface area contributed by atoms with E-state index in [1.54, 1.807) is 0 Å². The molecule has 114 valence electrons.